The molecule has 0 aliphatic carbocycles. The average molecular weight is 543 g/mol. The first-order valence-electron chi connectivity index (χ1n) is 12.3. The second-order valence-corrected chi connectivity index (χ2v) is 10.1. The molecule has 2 heterocycles. The summed E-state index contributed by atoms with van der Waals surface area (Å²) in [5, 5.41) is 0. The second-order valence-electron chi connectivity index (χ2n) is 10.1. The third kappa shape index (κ3) is 6.12. The van der Waals surface area contributed by atoms with E-state index in [0.29, 0.717) is 31.6 Å². The molecule has 2 aromatic rings. The van der Waals surface area contributed by atoms with Crippen LogP contribution in [0.15, 0.2) is 24.3 Å². The second kappa shape index (κ2) is 11.3. The molecule has 0 bridgehead atoms. The number of rotatable bonds is 8. The Balaban J connectivity index is 1.30. The fourth-order valence-corrected chi connectivity index (χ4v) is 5.32. The van der Waals surface area contributed by atoms with Gasteiger partial charge in [0.05, 0.1) is 6.04 Å². The van der Waals surface area contributed by atoms with Gasteiger partial charge in [-0.1, -0.05) is 0 Å². The van der Waals surface area contributed by atoms with Crippen LogP contribution >= 0.6 is 0 Å². The number of fused-ring (bicyclic) bond motifs is 1. The third-order valence-corrected chi connectivity index (χ3v) is 7.24. The molecule has 2 saturated heterocycles. The van der Waals surface area contributed by atoms with Gasteiger partial charge in [0.2, 0.25) is 11.8 Å². The van der Waals surface area contributed by atoms with Crippen molar-refractivity contribution < 1.29 is 35.9 Å². The van der Waals surface area contributed by atoms with E-state index in [0.717, 1.165) is 12.1 Å². The summed E-state index contributed by atoms with van der Waals surface area (Å²) in [6.07, 6.45) is 0.0738. The summed E-state index contributed by atoms with van der Waals surface area (Å²) in [5.74, 6) is -7.44. The van der Waals surface area contributed by atoms with Crippen LogP contribution < -0.4 is 11.5 Å². The van der Waals surface area contributed by atoms with Gasteiger partial charge >= 0.3 is 0 Å². The zero-order valence-electron chi connectivity index (χ0n) is 20.4. The van der Waals surface area contributed by atoms with Gasteiger partial charge in [0, 0.05) is 62.6 Å². The van der Waals surface area contributed by atoms with Crippen LogP contribution in [-0.2, 0) is 22.4 Å². The van der Waals surface area contributed by atoms with E-state index in [9.17, 15) is 35.9 Å². The van der Waals surface area contributed by atoms with Crippen molar-refractivity contribution >= 4 is 11.8 Å². The molecule has 4 rings (SSSR count). The van der Waals surface area contributed by atoms with E-state index in [-0.39, 0.29) is 67.1 Å². The molecule has 2 unspecified atom stereocenters. The maximum atomic E-state index is 13.9. The number of nitrogens with two attached hydrogens (primary N) is 2. The molecular formula is C26H28F6N4O2. The largest absolute Gasteiger partial charge is 0.340 e. The van der Waals surface area contributed by atoms with Crippen molar-refractivity contribution in [3.63, 3.8) is 0 Å². The number of nitrogens with zero attached hydrogens (tertiary/aromatic N) is 2. The first kappa shape index (κ1) is 27.9. The lowest BCUT2D eigenvalue weighted by molar-refractivity contribution is -0.134. The predicted molar refractivity (Wildman–Crippen MR) is 125 cm³/mol. The highest BCUT2D eigenvalue weighted by Crippen LogP contribution is 2.32. The normalized spacial score (nSPS) is 20.5. The van der Waals surface area contributed by atoms with E-state index < -0.39 is 47.0 Å². The van der Waals surface area contributed by atoms with Crippen LogP contribution in [0.1, 0.15) is 30.4 Å². The summed E-state index contributed by atoms with van der Waals surface area (Å²) < 4.78 is 81.0. The molecule has 12 heteroatoms. The van der Waals surface area contributed by atoms with Crippen LogP contribution in [0.25, 0.3) is 0 Å². The minimum atomic E-state index is -1.31. The number of carbonyl (C=O) groups excluding carboxylic acids is 2. The molecule has 206 valence electrons. The molecule has 0 aromatic heterocycles. The summed E-state index contributed by atoms with van der Waals surface area (Å²) >= 11 is 0. The Morgan fingerprint density at radius 2 is 1.21 bits per heavy atom. The molecule has 2 aliphatic heterocycles. The van der Waals surface area contributed by atoms with Crippen LogP contribution in [0.3, 0.4) is 0 Å². The van der Waals surface area contributed by atoms with Gasteiger partial charge in [-0.05, 0) is 42.5 Å². The minimum absolute atomic E-state index is 0.0441. The predicted octanol–water partition coefficient (Wildman–Crippen LogP) is 2.80. The van der Waals surface area contributed by atoms with Gasteiger partial charge in [-0.15, -0.1) is 0 Å². The lowest BCUT2D eigenvalue weighted by atomic mass is 10.0. The number of hydrogen-bond donors (Lipinski definition) is 2. The molecule has 2 amide bonds. The Labute approximate surface area is 215 Å². The van der Waals surface area contributed by atoms with Gasteiger partial charge < -0.3 is 21.3 Å². The molecule has 2 aliphatic rings. The molecule has 38 heavy (non-hydrogen) atoms. The van der Waals surface area contributed by atoms with Gasteiger partial charge in [-0.2, -0.15) is 0 Å². The number of carbonyl (C=O) groups is 2. The van der Waals surface area contributed by atoms with E-state index in [2.05, 4.69) is 0 Å². The quantitative estimate of drug-likeness (QED) is 0.397. The van der Waals surface area contributed by atoms with Crippen LogP contribution in [-0.4, -0.2) is 59.4 Å². The van der Waals surface area contributed by atoms with Gasteiger partial charge in [-0.3, -0.25) is 9.59 Å². The number of benzene rings is 2. The molecule has 0 saturated carbocycles. The van der Waals surface area contributed by atoms with Crippen molar-refractivity contribution in [1.29, 1.82) is 0 Å². The lowest BCUT2D eigenvalue weighted by Crippen LogP contribution is -2.43. The van der Waals surface area contributed by atoms with Crippen LogP contribution in [0.5, 0.6) is 0 Å². The molecule has 0 spiro atoms. The molecule has 2 fully saturated rings. The van der Waals surface area contributed by atoms with Gasteiger partial charge in [-0.25, -0.2) is 26.3 Å². The summed E-state index contributed by atoms with van der Waals surface area (Å²) in [5.41, 5.74) is 11.7. The van der Waals surface area contributed by atoms with E-state index in [4.69, 9.17) is 11.5 Å². The number of hydrogen-bond acceptors (Lipinski definition) is 4. The van der Waals surface area contributed by atoms with Crippen molar-refractivity contribution in [2.75, 3.05) is 19.6 Å². The van der Waals surface area contributed by atoms with Crippen LogP contribution in [0.2, 0.25) is 0 Å². The highest BCUT2D eigenvalue weighted by Gasteiger charge is 2.44. The highest BCUT2D eigenvalue weighted by molar-refractivity contribution is 5.79. The fourth-order valence-electron chi connectivity index (χ4n) is 5.32. The first-order chi connectivity index (χ1) is 17.9. The third-order valence-electron chi connectivity index (χ3n) is 7.24. The maximum Gasteiger partial charge on any atom is 0.224 e. The zero-order chi connectivity index (χ0) is 27.7. The molecule has 0 radical (unpaired) electrons. The van der Waals surface area contributed by atoms with Crippen molar-refractivity contribution in [1.82, 2.24) is 9.80 Å². The summed E-state index contributed by atoms with van der Waals surface area (Å²) in [4.78, 5) is 29.0. The molecule has 2 aromatic carbocycles. The Kier molecular flexibility index (Phi) is 8.31. The summed E-state index contributed by atoms with van der Waals surface area (Å²) in [7, 11) is 0. The monoisotopic (exact) mass is 542 g/mol. The standard InChI is InChI=1S/C26H28F6N4O2/c27-18-9-22(31)20(29)5-14(18)3-16(33)7-25(37)35-11-13-1-2-36(24(13)12-35)26(38)8-17(34)4-15-6-21(30)23(32)10-19(15)28/h5-6,9-10,13,16-17,24H,1-4,7-8,11-12,33-34H2/t13?,16-,17+,24?/m0/s1. The number of halogens is 6. The molecule has 6 nitrogen and oxygen atoms in total. The lowest BCUT2D eigenvalue weighted by Gasteiger charge is -2.26. The zero-order valence-corrected chi connectivity index (χ0v) is 20.4. The topological polar surface area (TPSA) is 92.7 Å². The van der Waals surface area contributed by atoms with Crippen molar-refractivity contribution in [3.8, 4) is 0 Å². The van der Waals surface area contributed by atoms with Gasteiger partial charge in [0.15, 0.2) is 23.3 Å². The van der Waals surface area contributed by atoms with E-state index in [1.165, 1.54) is 0 Å². The van der Waals surface area contributed by atoms with Crippen LogP contribution in [0.4, 0.5) is 26.3 Å². The number of likely N-dealkylation sites (tertiary alicyclic amines) is 2. The van der Waals surface area contributed by atoms with E-state index in [1.54, 1.807) is 9.80 Å². The fraction of sp³-hybridized carbons (Fsp3) is 0.462. The van der Waals surface area contributed by atoms with Gasteiger partial charge in [0.1, 0.15) is 11.6 Å². The molecule has 4 atom stereocenters. The Bertz CT molecular complexity index is 1230. The van der Waals surface area contributed by atoms with Crippen molar-refractivity contribution in [3.05, 3.63) is 70.3 Å². The Hall–Kier alpha value is -3.12. The maximum absolute atomic E-state index is 13.9. The molecular weight excluding hydrogens is 514 g/mol. The van der Waals surface area contributed by atoms with E-state index >= 15 is 0 Å². The average Bonchev–Trinajstić information content (AvgIpc) is 3.42. The van der Waals surface area contributed by atoms with E-state index in [1.807, 2.05) is 0 Å². The SMILES string of the molecule is N[C@H](CC(=O)N1CC2CCN(C(=O)C[C@H](N)Cc3cc(F)c(F)cc3F)C2C1)Cc1cc(F)c(F)cc1F. The Morgan fingerprint density at radius 3 is 1.74 bits per heavy atom. The Morgan fingerprint density at radius 1 is 0.737 bits per heavy atom. The van der Waals surface area contributed by atoms with Crippen molar-refractivity contribution in [2.45, 2.75) is 50.2 Å². The summed E-state index contributed by atoms with van der Waals surface area (Å²) in [6.45, 7) is 1.15. The van der Waals surface area contributed by atoms with Crippen molar-refractivity contribution in [2.24, 2.45) is 17.4 Å². The number of amides is 2. The minimum Gasteiger partial charge on any atom is -0.340 e. The smallest absolute Gasteiger partial charge is 0.224 e. The van der Waals surface area contributed by atoms with Gasteiger partial charge in [0.25, 0.3) is 0 Å². The van der Waals surface area contributed by atoms with Crippen LogP contribution in [0, 0.1) is 40.8 Å². The first-order valence-corrected chi connectivity index (χ1v) is 12.3. The molecule has 4 N–H and O–H groups in total. The summed E-state index contributed by atoms with van der Waals surface area (Å²) in [6, 6.07) is 0.446. The highest BCUT2D eigenvalue weighted by atomic mass is 19.2.